The van der Waals surface area contributed by atoms with Gasteiger partial charge in [0, 0.05) is 5.56 Å². The van der Waals surface area contributed by atoms with Crippen molar-refractivity contribution in [2.24, 2.45) is 0 Å². The van der Waals surface area contributed by atoms with E-state index in [4.69, 9.17) is 9.26 Å². The van der Waals surface area contributed by atoms with Gasteiger partial charge in [0.15, 0.2) is 5.76 Å². The number of nitrogens with zero attached hydrogens (tertiary/aromatic N) is 1. The largest absolute Gasteiger partial charge is 0.441 e. The van der Waals surface area contributed by atoms with Crippen molar-refractivity contribution >= 4 is 27.7 Å². The van der Waals surface area contributed by atoms with Gasteiger partial charge in [0.1, 0.15) is 29.1 Å². The maximum Gasteiger partial charge on any atom is 0.412 e. The molecule has 0 saturated carbocycles. The molecule has 5 nitrogen and oxygen atoms in total. The fourth-order valence-electron chi connectivity index (χ4n) is 2.49. The second-order valence-electron chi connectivity index (χ2n) is 5.79. The van der Waals surface area contributed by atoms with Crippen molar-refractivity contribution in [2.75, 3.05) is 5.32 Å². The molecule has 1 atom stereocenters. The van der Waals surface area contributed by atoms with Gasteiger partial charge >= 0.3 is 6.09 Å². The topological polar surface area (TPSA) is 64.4 Å². The first-order valence-corrected chi connectivity index (χ1v) is 8.80. The SMILES string of the molecule is Cc1onc(-c2cc(F)c(Br)cc2F)c1NC(=O)OC(C)c1ccccc1. The first-order valence-electron chi connectivity index (χ1n) is 8.00. The predicted octanol–water partition coefficient (Wildman–Crippen LogP) is 6.00. The van der Waals surface area contributed by atoms with Crippen LogP contribution >= 0.6 is 15.9 Å². The van der Waals surface area contributed by atoms with Gasteiger partial charge in [-0.25, -0.2) is 13.6 Å². The van der Waals surface area contributed by atoms with Crippen LogP contribution in [0.1, 0.15) is 24.4 Å². The van der Waals surface area contributed by atoms with Crippen LogP contribution in [0.15, 0.2) is 51.5 Å². The minimum atomic E-state index is -0.767. The zero-order valence-electron chi connectivity index (χ0n) is 14.4. The Labute approximate surface area is 162 Å². The number of ether oxygens (including phenoxy) is 1. The van der Waals surface area contributed by atoms with E-state index in [9.17, 15) is 13.6 Å². The molecular formula is C19H15BrF2N2O3. The quantitative estimate of drug-likeness (QED) is 0.509. The number of hydrogen-bond donors (Lipinski definition) is 1. The number of carbonyl (C=O) groups is 1. The fourth-order valence-corrected chi connectivity index (χ4v) is 2.81. The predicted molar refractivity (Wildman–Crippen MR) is 99.3 cm³/mol. The summed E-state index contributed by atoms with van der Waals surface area (Å²) < 4.78 is 38.4. The molecule has 8 heteroatoms. The second kappa shape index (κ2) is 7.87. The lowest BCUT2D eigenvalue weighted by atomic mass is 10.1. The average molecular weight is 437 g/mol. The van der Waals surface area contributed by atoms with Crippen molar-refractivity contribution in [3.8, 4) is 11.3 Å². The van der Waals surface area contributed by atoms with Crippen LogP contribution in [0.2, 0.25) is 0 Å². The minimum Gasteiger partial charge on any atom is -0.441 e. The van der Waals surface area contributed by atoms with Crippen molar-refractivity contribution in [3.63, 3.8) is 0 Å². The van der Waals surface area contributed by atoms with Gasteiger partial charge in [0.05, 0.1) is 4.47 Å². The molecule has 0 fully saturated rings. The van der Waals surface area contributed by atoms with Crippen molar-refractivity contribution in [1.82, 2.24) is 5.16 Å². The Morgan fingerprint density at radius 1 is 1.22 bits per heavy atom. The molecule has 3 rings (SSSR count). The van der Waals surface area contributed by atoms with E-state index < -0.39 is 23.8 Å². The van der Waals surface area contributed by atoms with Gasteiger partial charge in [-0.05, 0) is 47.5 Å². The number of carbonyl (C=O) groups excluding carboxylic acids is 1. The maximum atomic E-state index is 14.3. The van der Waals surface area contributed by atoms with Crippen LogP contribution in [-0.4, -0.2) is 11.2 Å². The van der Waals surface area contributed by atoms with Gasteiger partial charge in [-0.2, -0.15) is 0 Å². The van der Waals surface area contributed by atoms with E-state index in [0.29, 0.717) is 0 Å². The molecule has 1 heterocycles. The summed E-state index contributed by atoms with van der Waals surface area (Å²) in [5.74, 6) is -1.15. The summed E-state index contributed by atoms with van der Waals surface area (Å²) in [4.78, 5) is 12.3. The molecule has 0 bridgehead atoms. The Kier molecular flexibility index (Phi) is 5.55. The number of halogens is 3. The maximum absolute atomic E-state index is 14.3. The van der Waals surface area contributed by atoms with Crippen LogP contribution in [0.25, 0.3) is 11.3 Å². The Morgan fingerprint density at radius 2 is 1.93 bits per heavy atom. The first-order chi connectivity index (χ1) is 12.9. The summed E-state index contributed by atoms with van der Waals surface area (Å²) >= 11 is 2.92. The van der Waals surface area contributed by atoms with Crippen LogP contribution < -0.4 is 5.32 Å². The van der Waals surface area contributed by atoms with Gasteiger partial charge < -0.3 is 9.26 Å². The number of amides is 1. The highest BCUT2D eigenvalue weighted by Crippen LogP contribution is 2.34. The Bertz CT molecular complexity index is 977. The number of anilines is 1. The molecule has 0 aliphatic heterocycles. The van der Waals surface area contributed by atoms with Crippen LogP contribution in [0.3, 0.4) is 0 Å². The summed E-state index contributed by atoms with van der Waals surface area (Å²) in [6.07, 6.45) is -1.27. The van der Waals surface area contributed by atoms with E-state index in [1.165, 1.54) is 0 Å². The number of aryl methyl sites for hydroxylation is 1. The van der Waals surface area contributed by atoms with Gasteiger partial charge in [0.25, 0.3) is 0 Å². The van der Waals surface area contributed by atoms with Gasteiger partial charge in [-0.15, -0.1) is 0 Å². The molecule has 0 aliphatic rings. The third-order valence-electron chi connectivity index (χ3n) is 3.91. The molecule has 1 N–H and O–H groups in total. The van der Waals surface area contributed by atoms with E-state index in [1.54, 1.807) is 13.8 Å². The van der Waals surface area contributed by atoms with Crippen molar-refractivity contribution < 1.29 is 22.8 Å². The average Bonchev–Trinajstić information content (AvgIpc) is 2.99. The third kappa shape index (κ3) is 4.16. The molecule has 1 aromatic heterocycles. The van der Waals surface area contributed by atoms with Gasteiger partial charge in [-0.3, -0.25) is 5.32 Å². The van der Waals surface area contributed by atoms with Crippen molar-refractivity contribution in [1.29, 1.82) is 0 Å². The van der Waals surface area contributed by atoms with Crippen LogP contribution in [0.4, 0.5) is 19.3 Å². The zero-order chi connectivity index (χ0) is 19.6. The standard InChI is InChI=1S/C19H15BrF2N2O3/c1-10(12-6-4-3-5-7-12)26-19(25)23-17-11(2)27-24-18(17)13-8-16(22)14(20)9-15(13)21/h3-10H,1-2H3,(H,23,25). The minimum absolute atomic E-state index is 0.0189. The molecule has 3 aromatic rings. The Hall–Kier alpha value is -2.74. The molecular weight excluding hydrogens is 422 g/mol. The van der Waals surface area contributed by atoms with E-state index in [0.717, 1.165) is 17.7 Å². The molecule has 0 spiro atoms. The van der Waals surface area contributed by atoms with E-state index in [1.807, 2.05) is 30.3 Å². The normalized spacial score (nSPS) is 11.9. The molecule has 1 amide bonds. The van der Waals surface area contributed by atoms with Crippen molar-refractivity contribution in [2.45, 2.75) is 20.0 Å². The first kappa shape index (κ1) is 19.0. The smallest absolute Gasteiger partial charge is 0.412 e. The second-order valence-corrected chi connectivity index (χ2v) is 6.65. The van der Waals surface area contributed by atoms with E-state index >= 15 is 0 Å². The molecule has 0 radical (unpaired) electrons. The van der Waals surface area contributed by atoms with E-state index in [-0.39, 0.29) is 27.2 Å². The molecule has 2 aromatic carbocycles. The van der Waals surface area contributed by atoms with E-state index in [2.05, 4.69) is 26.4 Å². The zero-order valence-corrected chi connectivity index (χ0v) is 16.0. The van der Waals surface area contributed by atoms with Crippen LogP contribution in [0, 0.1) is 18.6 Å². The Morgan fingerprint density at radius 3 is 2.63 bits per heavy atom. The Balaban J connectivity index is 1.83. The summed E-state index contributed by atoms with van der Waals surface area (Å²) in [6.45, 7) is 3.26. The summed E-state index contributed by atoms with van der Waals surface area (Å²) in [5.41, 5.74) is 0.761. The molecule has 27 heavy (non-hydrogen) atoms. The lowest BCUT2D eigenvalue weighted by Gasteiger charge is -2.14. The van der Waals surface area contributed by atoms with Crippen LogP contribution in [0.5, 0.6) is 0 Å². The summed E-state index contributed by atoms with van der Waals surface area (Å²) in [5, 5.41) is 6.24. The summed E-state index contributed by atoms with van der Waals surface area (Å²) in [7, 11) is 0. The number of benzene rings is 2. The number of aromatic nitrogens is 1. The molecule has 1 unspecified atom stereocenters. The van der Waals surface area contributed by atoms with Crippen molar-refractivity contribution in [3.05, 3.63) is 69.9 Å². The number of rotatable bonds is 4. The van der Waals surface area contributed by atoms with Crippen LogP contribution in [-0.2, 0) is 4.74 Å². The number of nitrogens with one attached hydrogen (secondary N) is 1. The molecule has 0 aliphatic carbocycles. The third-order valence-corrected chi connectivity index (χ3v) is 4.52. The highest BCUT2D eigenvalue weighted by molar-refractivity contribution is 9.10. The lowest BCUT2D eigenvalue weighted by Crippen LogP contribution is -2.16. The lowest BCUT2D eigenvalue weighted by molar-refractivity contribution is 0.121. The fraction of sp³-hybridized carbons (Fsp3) is 0.158. The van der Waals surface area contributed by atoms with Gasteiger partial charge in [0.2, 0.25) is 0 Å². The summed E-state index contributed by atoms with van der Waals surface area (Å²) in [6, 6.07) is 11.1. The molecule has 0 saturated heterocycles. The van der Waals surface area contributed by atoms with Gasteiger partial charge in [-0.1, -0.05) is 35.5 Å². The number of hydrogen-bond acceptors (Lipinski definition) is 4. The highest BCUT2D eigenvalue weighted by Gasteiger charge is 2.22. The highest BCUT2D eigenvalue weighted by atomic mass is 79.9. The monoisotopic (exact) mass is 436 g/mol. The molecule has 140 valence electrons.